The number of hydrogen-bond acceptors (Lipinski definition) is 5. The Hall–Kier alpha value is -3.30. The Kier molecular flexibility index (Phi) is 5.47. The normalized spacial score (nSPS) is 11.4. The van der Waals surface area contributed by atoms with Gasteiger partial charge in [-0.15, -0.1) is 11.3 Å². The van der Waals surface area contributed by atoms with Gasteiger partial charge in [-0.1, -0.05) is 30.3 Å². The topological polar surface area (TPSA) is 88.2 Å². The Balaban J connectivity index is 1.49. The molecule has 2 N–H and O–H groups in total. The molecule has 30 heavy (non-hydrogen) atoms. The fourth-order valence-electron chi connectivity index (χ4n) is 2.81. The molecule has 0 fully saturated rings. The summed E-state index contributed by atoms with van der Waals surface area (Å²) in [4.78, 5) is 16.8. The zero-order valence-electron chi connectivity index (χ0n) is 15.5. The van der Waals surface area contributed by atoms with Crippen LogP contribution in [-0.4, -0.2) is 19.3 Å². The number of thiazole rings is 1. The molecule has 3 aromatic carbocycles. The monoisotopic (exact) mass is 441 g/mol. The van der Waals surface area contributed by atoms with Crippen LogP contribution in [0.25, 0.3) is 10.2 Å². The van der Waals surface area contributed by atoms with Crippen LogP contribution in [0.3, 0.4) is 0 Å². The standard InChI is InChI=1S/C21H16FN3O3S2/c22-16-8-1-2-9-17(16)25-30(27,28)15-7-5-6-14(12-15)21(26)23-13-20-24-18-10-3-4-11-19(18)29-20/h1-12,25H,13H2,(H,23,26). The van der Waals surface area contributed by atoms with Crippen LogP contribution in [0.5, 0.6) is 0 Å². The molecule has 0 aliphatic carbocycles. The van der Waals surface area contributed by atoms with Gasteiger partial charge in [0.25, 0.3) is 15.9 Å². The van der Waals surface area contributed by atoms with E-state index in [2.05, 4.69) is 15.0 Å². The third kappa shape index (κ3) is 4.32. The maximum absolute atomic E-state index is 13.8. The summed E-state index contributed by atoms with van der Waals surface area (Å²) in [5.41, 5.74) is 0.870. The van der Waals surface area contributed by atoms with Crippen LogP contribution in [0.4, 0.5) is 10.1 Å². The second kappa shape index (κ2) is 8.21. The molecule has 1 heterocycles. The number of carbonyl (C=O) groups excluding carboxylic acids is 1. The number of halogens is 1. The molecule has 0 unspecified atom stereocenters. The average molecular weight is 442 g/mol. The minimum atomic E-state index is -4.06. The Labute approximate surface area is 176 Å². The molecular formula is C21H16FN3O3S2. The van der Waals surface area contributed by atoms with E-state index in [0.717, 1.165) is 21.3 Å². The predicted octanol–water partition coefficient (Wildman–Crippen LogP) is 4.17. The minimum absolute atomic E-state index is 0.140. The van der Waals surface area contributed by atoms with Crippen molar-refractivity contribution >= 4 is 43.2 Å². The van der Waals surface area contributed by atoms with Gasteiger partial charge in [-0.3, -0.25) is 9.52 Å². The number of nitrogens with one attached hydrogen (secondary N) is 2. The summed E-state index contributed by atoms with van der Waals surface area (Å²) in [5, 5.41) is 3.49. The highest BCUT2D eigenvalue weighted by atomic mass is 32.2. The first kappa shape index (κ1) is 20.0. The molecule has 0 saturated carbocycles. The second-order valence-electron chi connectivity index (χ2n) is 6.37. The van der Waals surface area contributed by atoms with Gasteiger partial charge in [0.2, 0.25) is 0 Å². The number of aromatic nitrogens is 1. The highest BCUT2D eigenvalue weighted by Gasteiger charge is 2.18. The van der Waals surface area contributed by atoms with Crippen LogP contribution in [-0.2, 0) is 16.6 Å². The second-order valence-corrected chi connectivity index (χ2v) is 9.17. The van der Waals surface area contributed by atoms with Crippen molar-refractivity contribution in [2.24, 2.45) is 0 Å². The van der Waals surface area contributed by atoms with E-state index in [0.29, 0.717) is 0 Å². The van der Waals surface area contributed by atoms with Crippen LogP contribution in [0.1, 0.15) is 15.4 Å². The van der Waals surface area contributed by atoms with E-state index in [4.69, 9.17) is 0 Å². The molecule has 0 atom stereocenters. The SMILES string of the molecule is O=C(NCc1nc2ccccc2s1)c1cccc(S(=O)(=O)Nc2ccccc2F)c1. The largest absolute Gasteiger partial charge is 0.346 e. The molecule has 1 amide bonds. The Morgan fingerprint density at radius 1 is 1.00 bits per heavy atom. The minimum Gasteiger partial charge on any atom is -0.346 e. The van der Waals surface area contributed by atoms with Gasteiger partial charge < -0.3 is 5.32 Å². The molecule has 0 radical (unpaired) electrons. The smallest absolute Gasteiger partial charge is 0.262 e. The van der Waals surface area contributed by atoms with Gasteiger partial charge in [0.1, 0.15) is 10.8 Å². The van der Waals surface area contributed by atoms with Gasteiger partial charge in [-0.2, -0.15) is 0 Å². The fraction of sp³-hybridized carbons (Fsp3) is 0.0476. The summed E-state index contributed by atoms with van der Waals surface area (Å²) in [5.74, 6) is -1.12. The lowest BCUT2D eigenvalue weighted by molar-refractivity contribution is 0.0950. The number of anilines is 1. The van der Waals surface area contributed by atoms with Crippen molar-refractivity contribution in [3.63, 3.8) is 0 Å². The molecule has 4 rings (SSSR count). The van der Waals surface area contributed by atoms with Crippen LogP contribution in [0.2, 0.25) is 0 Å². The molecule has 6 nitrogen and oxygen atoms in total. The molecule has 0 aliphatic rings. The number of nitrogens with zero attached hydrogens (tertiary/aromatic N) is 1. The summed E-state index contributed by atoms with van der Waals surface area (Å²) in [6.07, 6.45) is 0. The molecule has 0 saturated heterocycles. The van der Waals surface area contributed by atoms with E-state index in [1.165, 1.54) is 53.8 Å². The van der Waals surface area contributed by atoms with Gasteiger partial charge >= 0.3 is 0 Å². The summed E-state index contributed by atoms with van der Waals surface area (Å²) < 4.78 is 42.2. The van der Waals surface area contributed by atoms with Gasteiger partial charge in [0.15, 0.2) is 0 Å². The number of fused-ring (bicyclic) bond motifs is 1. The summed E-state index contributed by atoms with van der Waals surface area (Å²) in [6, 6.07) is 18.7. The van der Waals surface area contributed by atoms with Crippen molar-refractivity contribution in [2.45, 2.75) is 11.4 Å². The first-order chi connectivity index (χ1) is 14.4. The van der Waals surface area contributed by atoms with Crippen molar-refractivity contribution in [3.05, 3.63) is 89.2 Å². The van der Waals surface area contributed by atoms with Crippen molar-refractivity contribution in [3.8, 4) is 0 Å². The van der Waals surface area contributed by atoms with E-state index in [-0.39, 0.29) is 22.7 Å². The number of para-hydroxylation sites is 2. The summed E-state index contributed by atoms with van der Waals surface area (Å²) in [7, 11) is -4.06. The van der Waals surface area contributed by atoms with E-state index in [1.54, 1.807) is 0 Å². The van der Waals surface area contributed by atoms with Gasteiger partial charge in [-0.25, -0.2) is 17.8 Å². The highest BCUT2D eigenvalue weighted by molar-refractivity contribution is 7.92. The van der Waals surface area contributed by atoms with Crippen molar-refractivity contribution in [1.82, 2.24) is 10.3 Å². The van der Waals surface area contributed by atoms with Gasteiger partial charge in [0, 0.05) is 5.56 Å². The van der Waals surface area contributed by atoms with Gasteiger partial charge in [0.05, 0.1) is 27.3 Å². The number of carbonyl (C=O) groups is 1. The summed E-state index contributed by atoms with van der Waals surface area (Å²) in [6.45, 7) is 0.225. The third-order valence-corrected chi connectivity index (χ3v) is 6.66. The van der Waals surface area contributed by atoms with Crippen molar-refractivity contribution in [2.75, 3.05) is 4.72 Å². The predicted molar refractivity (Wildman–Crippen MR) is 114 cm³/mol. The maximum atomic E-state index is 13.8. The number of benzene rings is 3. The molecule has 4 aromatic rings. The molecule has 0 aliphatic heterocycles. The highest BCUT2D eigenvalue weighted by Crippen LogP contribution is 2.22. The summed E-state index contributed by atoms with van der Waals surface area (Å²) >= 11 is 1.48. The van der Waals surface area contributed by atoms with Gasteiger partial charge in [-0.05, 0) is 42.5 Å². The number of rotatable bonds is 6. The lowest BCUT2D eigenvalue weighted by Gasteiger charge is -2.10. The van der Waals surface area contributed by atoms with E-state index < -0.39 is 21.7 Å². The Bertz CT molecular complexity index is 1300. The van der Waals surface area contributed by atoms with E-state index in [9.17, 15) is 17.6 Å². The Morgan fingerprint density at radius 2 is 1.77 bits per heavy atom. The number of hydrogen-bond donors (Lipinski definition) is 2. The maximum Gasteiger partial charge on any atom is 0.262 e. The van der Waals surface area contributed by atoms with E-state index in [1.807, 2.05) is 24.3 Å². The van der Waals surface area contributed by atoms with Crippen LogP contribution >= 0.6 is 11.3 Å². The molecule has 9 heteroatoms. The first-order valence-electron chi connectivity index (χ1n) is 8.92. The first-order valence-corrected chi connectivity index (χ1v) is 11.2. The molecule has 0 bridgehead atoms. The number of amides is 1. The number of sulfonamides is 1. The molecule has 0 spiro atoms. The fourth-order valence-corrected chi connectivity index (χ4v) is 4.83. The van der Waals surface area contributed by atoms with Crippen molar-refractivity contribution < 1.29 is 17.6 Å². The van der Waals surface area contributed by atoms with Crippen molar-refractivity contribution in [1.29, 1.82) is 0 Å². The Morgan fingerprint density at radius 3 is 2.57 bits per heavy atom. The molecule has 152 valence electrons. The van der Waals surface area contributed by atoms with Crippen LogP contribution < -0.4 is 10.0 Å². The van der Waals surface area contributed by atoms with Crippen LogP contribution in [0.15, 0.2) is 77.7 Å². The zero-order chi connectivity index (χ0) is 21.1. The quantitative estimate of drug-likeness (QED) is 0.470. The molecular weight excluding hydrogens is 425 g/mol. The van der Waals surface area contributed by atoms with E-state index >= 15 is 0 Å². The lowest BCUT2D eigenvalue weighted by Crippen LogP contribution is -2.23. The third-order valence-electron chi connectivity index (χ3n) is 4.26. The zero-order valence-corrected chi connectivity index (χ0v) is 17.1. The molecule has 1 aromatic heterocycles. The average Bonchev–Trinajstić information content (AvgIpc) is 3.17. The lowest BCUT2D eigenvalue weighted by atomic mass is 10.2. The van der Waals surface area contributed by atoms with Crippen LogP contribution in [0, 0.1) is 5.82 Å².